The maximum Gasteiger partial charge on any atom is 0.123 e. The van der Waals surface area contributed by atoms with Crippen LogP contribution in [0.15, 0.2) is 75.6 Å². The molecule has 0 bridgehead atoms. The molecule has 0 aromatic carbocycles. The number of nitrogens with zero attached hydrogens (tertiary/aromatic N) is 1. The van der Waals surface area contributed by atoms with Gasteiger partial charge in [0.05, 0.1) is 11.4 Å². The largest absolute Gasteiger partial charge is 0.404 e. The molecule has 3 rings (SSSR count). The molecule has 7 N–H and O–H groups in total. The van der Waals surface area contributed by atoms with Crippen molar-refractivity contribution in [3.05, 3.63) is 70.6 Å². The SMILES string of the molecule is CN=CC(=CN)C1=CNC2=CC=C(NC(=N)C=C(C=N)C3CC3)NC2=C1. The molecule has 7 heteroatoms. The summed E-state index contributed by atoms with van der Waals surface area (Å²) in [6, 6.07) is 0. The number of fused-ring (bicyclic) bond motifs is 1. The fraction of sp³-hybridized carbons (Fsp3) is 0.211. The Kier molecular flexibility index (Phi) is 5.17. The van der Waals surface area contributed by atoms with E-state index in [4.69, 9.17) is 16.6 Å². The van der Waals surface area contributed by atoms with Crippen LogP contribution in [-0.4, -0.2) is 25.3 Å². The lowest BCUT2D eigenvalue weighted by Gasteiger charge is -2.25. The highest BCUT2D eigenvalue weighted by Gasteiger charge is 2.25. The average Bonchev–Trinajstić information content (AvgIpc) is 3.48. The number of nitrogens with two attached hydrogens (primary N) is 1. The van der Waals surface area contributed by atoms with Gasteiger partial charge in [-0.1, -0.05) is 0 Å². The highest BCUT2D eigenvalue weighted by atomic mass is 15.1. The van der Waals surface area contributed by atoms with E-state index in [2.05, 4.69) is 20.9 Å². The van der Waals surface area contributed by atoms with Gasteiger partial charge < -0.3 is 27.1 Å². The van der Waals surface area contributed by atoms with Gasteiger partial charge in [0, 0.05) is 43.0 Å². The molecule has 0 radical (unpaired) electrons. The van der Waals surface area contributed by atoms with E-state index in [1.54, 1.807) is 19.3 Å². The maximum absolute atomic E-state index is 8.12. The number of hydrogen-bond acceptors (Lipinski definition) is 6. The molecule has 134 valence electrons. The third-order valence-electron chi connectivity index (χ3n) is 4.24. The topological polar surface area (TPSA) is 122 Å². The van der Waals surface area contributed by atoms with Crippen LogP contribution < -0.4 is 21.7 Å². The summed E-state index contributed by atoms with van der Waals surface area (Å²) in [5.41, 5.74) is 10.1. The second kappa shape index (κ2) is 7.69. The molecule has 1 fully saturated rings. The Labute approximate surface area is 152 Å². The van der Waals surface area contributed by atoms with Crippen molar-refractivity contribution in [1.82, 2.24) is 16.0 Å². The smallest absolute Gasteiger partial charge is 0.123 e. The van der Waals surface area contributed by atoms with Crippen LogP contribution in [0.2, 0.25) is 0 Å². The van der Waals surface area contributed by atoms with E-state index < -0.39 is 0 Å². The first-order valence-electron chi connectivity index (χ1n) is 8.44. The van der Waals surface area contributed by atoms with E-state index in [9.17, 15) is 0 Å². The normalized spacial score (nSPS) is 20.0. The van der Waals surface area contributed by atoms with E-state index in [0.29, 0.717) is 11.7 Å². The Bertz CT molecular complexity index is 830. The highest BCUT2D eigenvalue weighted by Crippen LogP contribution is 2.35. The van der Waals surface area contributed by atoms with E-state index in [1.807, 2.05) is 24.4 Å². The number of rotatable bonds is 6. The monoisotopic (exact) mass is 349 g/mol. The van der Waals surface area contributed by atoms with Crippen molar-refractivity contribution in [2.24, 2.45) is 16.6 Å². The Morgan fingerprint density at radius 3 is 2.81 bits per heavy atom. The quantitative estimate of drug-likeness (QED) is 0.323. The zero-order chi connectivity index (χ0) is 18.5. The van der Waals surface area contributed by atoms with E-state index in [0.717, 1.165) is 41.0 Å². The lowest BCUT2D eigenvalue weighted by molar-refractivity contribution is 0.838. The molecule has 0 unspecified atom stereocenters. The van der Waals surface area contributed by atoms with Gasteiger partial charge in [0.1, 0.15) is 11.7 Å². The molecule has 26 heavy (non-hydrogen) atoms. The molecule has 3 aliphatic rings. The molecular formula is C19H23N7. The van der Waals surface area contributed by atoms with Crippen molar-refractivity contribution < 1.29 is 0 Å². The van der Waals surface area contributed by atoms with Gasteiger partial charge in [-0.05, 0) is 48.6 Å². The summed E-state index contributed by atoms with van der Waals surface area (Å²) < 4.78 is 0. The molecule has 0 saturated heterocycles. The van der Waals surface area contributed by atoms with Gasteiger partial charge in [0.2, 0.25) is 0 Å². The summed E-state index contributed by atoms with van der Waals surface area (Å²) in [4.78, 5) is 4.01. The number of allylic oxidation sites excluding steroid dienone is 6. The first-order chi connectivity index (χ1) is 12.6. The predicted octanol–water partition coefficient (Wildman–Crippen LogP) is 1.78. The number of dihydropyridines is 2. The number of nitrogens with one attached hydrogen (secondary N) is 5. The summed E-state index contributed by atoms with van der Waals surface area (Å²) in [5.74, 6) is 1.40. The van der Waals surface area contributed by atoms with Gasteiger partial charge in [-0.15, -0.1) is 0 Å². The average molecular weight is 349 g/mol. The maximum atomic E-state index is 8.12. The lowest BCUT2D eigenvalue weighted by Crippen LogP contribution is -2.34. The Morgan fingerprint density at radius 2 is 2.15 bits per heavy atom. The van der Waals surface area contributed by atoms with Crippen LogP contribution >= 0.6 is 0 Å². The summed E-state index contributed by atoms with van der Waals surface area (Å²) in [5, 5.41) is 25.1. The third-order valence-corrected chi connectivity index (χ3v) is 4.24. The fourth-order valence-electron chi connectivity index (χ4n) is 2.74. The van der Waals surface area contributed by atoms with Crippen LogP contribution in [0.3, 0.4) is 0 Å². The zero-order valence-electron chi connectivity index (χ0n) is 14.6. The Morgan fingerprint density at radius 1 is 1.35 bits per heavy atom. The van der Waals surface area contributed by atoms with E-state index >= 15 is 0 Å². The van der Waals surface area contributed by atoms with Crippen molar-refractivity contribution in [1.29, 1.82) is 10.8 Å². The van der Waals surface area contributed by atoms with Crippen molar-refractivity contribution in [3.63, 3.8) is 0 Å². The van der Waals surface area contributed by atoms with Gasteiger partial charge in [0.25, 0.3) is 0 Å². The van der Waals surface area contributed by atoms with Crippen molar-refractivity contribution in [2.75, 3.05) is 7.05 Å². The summed E-state index contributed by atoms with van der Waals surface area (Å²) >= 11 is 0. The van der Waals surface area contributed by atoms with Crippen molar-refractivity contribution in [2.45, 2.75) is 12.8 Å². The van der Waals surface area contributed by atoms with Gasteiger partial charge in [-0.3, -0.25) is 10.4 Å². The van der Waals surface area contributed by atoms with Crippen LogP contribution in [-0.2, 0) is 0 Å². The minimum atomic E-state index is 0.256. The highest BCUT2D eigenvalue weighted by molar-refractivity contribution is 5.97. The molecular weight excluding hydrogens is 326 g/mol. The van der Waals surface area contributed by atoms with Gasteiger partial charge >= 0.3 is 0 Å². The molecule has 7 nitrogen and oxygen atoms in total. The Hall–Kier alpha value is -3.35. The van der Waals surface area contributed by atoms with Crippen molar-refractivity contribution >= 4 is 18.3 Å². The second-order valence-corrected chi connectivity index (χ2v) is 6.20. The predicted molar refractivity (Wildman–Crippen MR) is 106 cm³/mol. The van der Waals surface area contributed by atoms with Crippen LogP contribution in [0.25, 0.3) is 0 Å². The van der Waals surface area contributed by atoms with Gasteiger partial charge in [-0.2, -0.15) is 0 Å². The Balaban J connectivity index is 1.70. The van der Waals surface area contributed by atoms with Gasteiger partial charge in [-0.25, -0.2) is 0 Å². The summed E-state index contributed by atoms with van der Waals surface area (Å²) in [7, 11) is 1.70. The molecule has 0 aromatic rings. The summed E-state index contributed by atoms with van der Waals surface area (Å²) in [6.45, 7) is 0. The third kappa shape index (κ3) is 4.00. The molecule has 1 saturated carbocycles. The molecule has 0 amide bonds. The first-order valence-corrected chi connectivity index (χ1v) is 8.44. The zero-order valence-corrected chi connectivity index (χ0v) is 14.6. The number of amidine groups is 1. The minimum Gasteiger partial charge on any atom is -0.404 e. The number of aliphatic imine (C=N–C) groups is 1. The fourth-order valence-corrected chi connectivity index (χ4v) is 2.74. The molecule has 0 aromatic heterocycles. The molecule has 2 aliphatic heterocycles. The molecule has 2 heterocycles. The van der Waals surface area contributed by atoms with Crippen LogP contribution in [0.5, 0.6) is 0 Å². The lowest BCUT2D eigenvalue weighted by atomic mass is 10.0. The molecule has 1 aliphatic carbocycles. The minimum absolute atomic E-state index is 0.256. The van der Waals surface area contributed by atoms with E-state index in [-0.39, 0.29) is 5.84 Å². The number of hydrogen-bond donors (Lipinski definition) is 6. The second-order valence-electron chi connectivity index (χ2n) is 6.20. The van der Waals surface area contributed by atoms with E-state index in [1.165, 1.54) is 12.4 Å². The van der Waals surface area contributed by atoms with Crippen LogP contribution in [0, 0.1) is 16.7 Å². The van der Waals surface area contributed by atoms with Crippen LogP contribution in [0.4, 0.5) is 0 Å². The van der Waals surface area contributed by atoms with Crippen molar-refractivity contribution in [3.8, 4) is 0 Å². The van der Waals surface area contributed by atoms with Gasteiger partial charge in [0.15, 0.2) is 0 Å². The molecule has 0 atom stereocenters. The van der Waals surface area contributed by atoms with Crippen LogP contribution in [0.1, 0.15) is 12.8 Å². The standard InChI is InChI=1S/C19H23N7/c1-23-10-15(9-21)14-6-17-16(24-11-14)4-5-19(25-17)26-18(22)7-13(8-20)12-2-3-12/h4-12,20,24-25H,2-3,21H2,1H3,(H2,22,26). The summed E-state index contributed by atoms with van der Waals surface area (Å²) in [6.07, 6.45) is 16.1. The molecule has 0 spiro atoms. The first kappa shape index (κ1) is 17.5.